The molecule has 5 rings (SSSR count). The molecule has 1 fully saturated rings. The Morgan fingerprint density at radius 2 is 1.77 bits per heavy atom. The molecule has 250 valence electrons. The Labute approximate surface area is 276 Å². The van der Waals surface area contributed by atoms with Gasteiger partial charge in [-0.1, -0.05) is 35.9 Å². The van der Waals surface area contributed by atoms with Crippen molar-refractivity contribution in [3.8, 4) is 17.2 Å². The zero-order chi connectivity index (χ0) is 34.6. The minimum absolute atomic E-state index is 0.106. The summed E-state index contributed by atoms with van der Waals surface area (Å²) < 4.78 is 82.0. The maximum Gasteiger partial charge on any atom is 0.408 e. The van der Waals surface area contributed by atoms with E-state index in [9.17, 15) is 28.0 Å². The molecule has 1 aliphatic rings. The van der Waals surface area contributed by atoms with Crippen molar-refractivity contribution in [1.29, 1.82) is 5.26 Å². The number of nitrogens with zero attached hydrogens (tertiary/aromatic N) is 2. The van der Waals surface area contributed by atoms with Gasteiger partial charge in [-0.15, -0.1) is 0 Å². The zero-order valence-electron chi connectivity index (χ0n) is 25.3. The first-order chi connectivity index (χ1) is 22.9. The highest BCUT2D eigenvalue weighted by atomic mass is 35.5. The van der Waals surface area contributed by atoms with E-state index in [1.165, 1.54) is 6.07 Å². The van der Waals surface area contributed by atoms with Crippen LogP contribution in [0.15, 0.2) is 60.8 Å². The first-order valence-corrected chi connectivity index (χ1v) is 15.1. The van der Waals surface area contributed by atoms with Crippen LogP contribution in [0.4, 0.5) is 27.6 Å². The Morgan fingerprint density at radius 3 is 2.40 bits per heavy atom. The number of anilines is 1. The summed E-state index contributed by atoms with van der Waals surface area (Å²) in [5.74, 6) is -5.96. The van der Waals surface area contributed by atoms with E-state index >= 15 is 8.78 Å². The number of hydrogen-bond donors (Lipinski definition) is 2. The summed E-state index contributed by atoms with van der Waals surface area (Å²) in [6.07, 6.45) is -3.13. The lowest BCUT2D eigenvalue weighted by Crippen LogP contribution is -2.45. The molecule has 1 saturated heterocycles. The number of hydrogen-bond acceptors (Lipinski definition) is 7. The number of nitriles is 1. The summed E-state index contributed by atoms with van der Waals surface area (Å²) >= 11 is 6.45. The topological polar surface area (TPSA) is 113 Å². The summed E-state index contributed by atoms with van der Waals surface area (Å²) in [6.45, 7) is 0.258. The second kappa shape index (κ2) is 14.5. The third kappa shape index (κ3) is 7.50. The maximum atomic E-state index is 15.2. The molecule has 14 heteroatoms. The van der Waals surface area contributed by atoms with Gasteiger partial charge in [0.15, 0.2) is 0 Å². The third-order valence-electron chi connectivity index (χ3n) is 8.14. The number of carbonyl (C=O) groups is 2. The molecule has 0 saturated carbocycles. The molecule has 0 spiro atoms. The zero-order valence-corrected chi connectivity index (χ0v) is 26.1. The number of halogens is 6. The number of fused-ring (bicyclic) bond motifs is 1. The standard InChI is InChI=1S/C34H28ClF5N4O4/c1-47-33(46)28(14-20-5-7-24(30-22(20)3-2-10-42-30)23-6-4-18(17-41)13-25(23)35)44-32(45)29-26(36)15-21(16-27(29)37)43-31(34(38,39)40)19-8-11-48-12-9-19/h2-7,10,13,15-16,19,28,31,43H,8-9,11-12,14H2,1H3,(H,44,45)/t28-,31?/m0/s1. The molecular formula is C34H28ClF5N4O4. The Hall–Kier alpha value is -4.80. The summed E-state index contributed by atoms with van der Waals surface area (Å²) in [7, 11) is 1.08. The lowest BCUT2D eigenvalue weighted by atomic mass is 9.91. The number of aromatic nitrogens is 1. The van der Waals surface area contributed by atoms with Gasteiger partial charge >= 0.3 is 12.1 Å². The molecule has 8 nitrogen and oxygen atoms in total. The molecule has 2 N–H and O–H groups in total. The third-order valence-corrected chi connectivity index (χ3v) is 8.46. The first kappa shape index (κ1) is 34.5. The molecule has 1 unspecified atom stereocenters. The number of rotatable bonds is 9. The first-order valence-electron chi connectivity index (χ1n) is 14.8. The number of nitrogens with one attached hydrogen (secondary N) is 2. The fourth-order valence-corrected chi connectivity index (χ4v) is 6.07. The maximum absolute atomic E-state index is 15.2. The molecule has 48 heavy (non-hydrogen) atoms. The van der Waals surface area contributed by atoms with Gasteiger partial charge in [0, 0.05) is 53.1 Å². The highest BCUT2D eigenvalue weighted by Gasteiger charge is 2.45. The molecule has 3 aromatic carbocycles. The Bertz CT molecular complexity index is 1870. The molecular weight excluding hydrogens is 659 g/mol. The molecule has 4 aromatic rings. The van der Waals surface area contributed by atoms with Gasteiger partial charge in [0.25, 0.3) is 5.91 Å². The van der Waals surface area contributed by atoms with E-state index in [4.69, 9.17) is 21.1 Å². The van der Waals surface area contributed by atoms with Crippen LogP contribution in [0.5, 0.6) is 0 Å². The normalized spacial score (nSPS) is 15.0. The van der Waals surface area contributed by atoms with Gasteiger partial charge in [-0.05, 0) is 54.7 Å². The van der Waals surface area contributed by atoms with E-state index in [1.807, 2.05) is 6.07 Å². The lowest BCUT2D eigenvalue weighted by Gasteiger charge is -2.33. The molecule has 1 aliphatic heterocycles. The van der Waals surface area contributed by atoms with Gasteiger partial charge in [0.05, 0.1) is 24.3 Å². The lowest BCUT2D eigenvalue weighted by molar-refractivity contribution is -0.159. The van der Waals surface area contributed by atoms with Gasteiger partial charge in [0.1, 0.15) is 29.3 Å². The van der Waals surface area contributed by atoms with Crippen LogP contribution in [0.25, 0.3) is 22.0 Å². The molecule has 0 aliphatic carbocycles. The number of pyridine rings is 1. The van der Waals surface area contributed by atoms with Gasteiger partial charge < -0.3 is 20.1 Å². The Balaban J connectivity index is 1.41. The fourth-order valence-electron chi connectivity index (χ4n) is 5.79. The number of carbonyl (C=O) groups excluding carboxylic acids is 2. The molecule has 0 radical (unpaired) electrons. The average Bonchev–Trinajstić information content (AvgIpc) is 3.06. The number of methoxy groups -OCH3 is 1. The van der Waals surface area contributed by atoms with Crippen molar-refractivity contribution in [3.05, 3.63) is 94.1 Å². The largest absolute Gasteiger partial charge is 0.467 e. The fraction of sp³-hybridized carbons (Fsp3) is 0.294. The molecule has 1 aromatic heterocycles. The number of ether oxygens (including phenoxy) is 2. The second-order valence-corrected chi connectivity index (χ2v) is 11.6. The van der Waals surface area contributed by atoms with Crippen LogP contribution in [0.3, 0.4) is 0 Å². The minimum Gasteiger partial charge on any atom is -0.467 e. The molecule has 2 atom stereocenters. The summed E-state index contributed by atoms with van der Waals surface area (Å²) in [5, 5.41) is 14.6. The van der Waals surface area contributed by atoms with E-state index in [1.54, 1.807) is 42.6 Å². The average molecular weight is 687 g/mol. The van der Waals surface area contributed by atoms with Gasteiger partial charge in [-0.3, -0.25) is 9.78 Å². The van der Waals surface area contributed by atoms with Crippen molar-refractivity contribution in [2.24, 2.45) is 5.92 Å². The van der Waals surface area contributed by atoms with Gasteiger partial charge in [-0.2, -0.15) is 18.4 Å². The van der Waals surface area contributed by atoms with Crippen molar-refractivity contribution in [1.82, 2.24) is 10.3 Å². The van der Waals surface area contributed by atoms with E-state index in [0.717, 1.165) is 7.11 Å². The molecule has 0 bridgehead atoms. The minimum atomic E-state index is -4.72. The summed E-state index contributed by atoms with van der Waals surface area (Å²) in [6, 6.07) is 11.3. The Morgan fingerprint density at radius 1 is 1.08 bits per heavy atom. The second-order valence-electron chi connectivity index (χ2n) is 11.2. The van der Waals surface area contributed by atoms with Crippen LogP contribution >= 0.6 is 11.6 Å². The van der Waals surface area contributed by atoms with Crippen LogP contribution in [0, 0.1) is 28.9 Å². The van der Waals surface area contributed by atoms with Gasteiger partial charge in [0.2, 0.25) is 0 Å². The van der Waals surface area contributed by atoms with E-state index in [0.29, 0.717) is 50.3 Å². The highest BCUT2D eigenvalue weighted by molar-refractivity contribution is 6.33. The SMILES string of the molecule is COC(=O)[C@H](Cc1ccc(-c2ccc(C#N)cc2Cl)c2ncccc12)NC(=O)c1c(F)cc(NC(C2CCOCC2)C(F)(F)F)cc1F. The van der Waals surface area contributed by atoms with Crippen LogP contribution in [-0.4, -0.2) is 55.4 Å². The van der Waals surface area contributed by atoms with E-state index < -0.39 is 58.9 Å². The van der Waals surface area contributed by atoms with Crippen LogP contribution in [-0.2, 0) is 20.7 Å². The van der Waals surface area contributed by atoms with Crippen molar-refractivity contribution in [3.63, 3.8) is 0 Å². The van der Waals surface area contributed by atoms with Crippen LogP contribution < -0.4 is 10.6 Å². The van der Waals surface area contributed by atoms with Crippen LogP contribution in [0.2, 0.25) is 5.02 Å². The number of amides is 1. The van der Waals surface area contributed by atoms with Crippen molar-refractivity contribution in [2.45, 2.75) is 37.5 Å². The number of alkyl halides is 3. The quantitative estimate of drug-likeness (QED) is 0.144. The molecule has 2 heterocycles. The summed E-state index contributed by atoms with van der Waals surface area (Å²) in [4.78, 5) is 30.4. The monoisotopic (exact) mass is 686 g/mol. The van der Waals surface area contributed by atoms with E-state index in [-0.39, 0.29) is 32.5 Å². The van der Waals surface area contributed by atoms with E-state index in [2.05, 4.69) is 15.6 Å². The number of esters is 1. The highest BCUT2D eigenvalue weighted by Crippen LogP contribution is 2.36. The van der Waals surface area contributed by atoms with Crippen LogP contribution in [0.1, 0.15) is 34.3 Å². The Kier molecular flexibility index (Phi) is 10.5. The number of benzene rings is 3. The van der Waals surface area contributed by atoms with Crippen molar-refractivity contribution in [2.75, 3.05) is 25.6 Å². The van der Waals surface area contributed by atoms with Crippen molar-refractivity contribution >= 4 is 40.1 Å². The smallest absolute Gasteiger partial charge is 0.408 e. The predicted molar refractivity (Wildman–Crippen MR) is 167 cm³/mol. The predicted octanol–water partition coefficient (Wildman–Crippen LogP) is 6.99. The summed E-state index contributed by atoms with van der Waals surface area (Å²) in [5.41, 5.74) is 1.03. The molecule has 1 amide bonds. The van der Waals surface area contributed by atoms with Crippen molar-refractivity contribution < 1.29 is 41.0 Å². The van der Waals surface area contributed by atoms with Gasteiger partial charge in [-0.25, -0.2) is 13.6 Å².